The van der Waals surface area contributed by atoms with Gasteiger partial charge in [0.2, 0.25) is 11.8 Å². The van der Waals surface area contributed by atoms with Gasteiger partial charge in [0.15, 0.2) is 5.12 Å². The highest BCUT2D eigenvalue weighted by molar-refractivity contribution is 8.13. The molecule has 0 aliphatic carbocycles. The number of hydrogen-bond donors (Lipinski definition) is 5. The molecule has 0 saturated carbocycles. The Kier molecular flexibility index (Phi) is 22.3. The van der Waals surface area contributed by atoms with Gasteiger partial charge in [-0.3, -0.25) is 24.0 Å². The average Bonchev–Trinajstić information content (AvgIpc) is 2.90. The van der Waals surface area contributed by atoms with Crippen molar-refractivity contribution in [1.29, 1.82) is 0 Å². The first-order valence-corrected chi connectivity index (χ1v) is 14.5. The van der Waals surface area contributed by atoms with E-state index in [2.05, 4.69) is 54.0 Å². The summed E-state index contributed by atoms with van der Waals surface area (Å²) in [4.78, 5) is 58.2. The minimum Gasteiger partial charge on any atom is -0.480 e. The van der Waals surface area contributed by atoms with Crippen LogP contribution in [0.1, 0.15) is 84.0 Å². The fraction of sp³-hybridized carbons (Fsp3) is 0.607. The van der Waals surface area contributed by atoms with E-state index in [0.717, 1.165) is 69.5 Å². The molecule has 0 aromatic carbocycles. The predicted octanol–water partition coefficient (Wildman–Crippen LogP) is 3.71. The Morgan fingerprint density at radius 2 is 1.46 bits per heavy atom. The molecule has 220 valence electrons. The van der Waals surface area contributed by atoms with E-state index in [1.165, 1.54) is 0 Å². The Morgan fingerprint density at radius 1 is 0.846 bits per heavy atom. The Balaban J connectivity index is 4.21. The largest absolute Gasteiger partial charge is 0.480 e. The van der Waals surface area contributed by atoms with Gasteiger partial charge in [-0.1, -0.05) is 74.4 Å². The van der Waals surface area contributed by atoms with Crippen LogP contribution in [0.5, 0.6) is 0 Å². The maximum Gasteiger partial charge on any atom is 0.322 e. The van der Waals surface area contributed by atoms with Gasteiger partial charge >= 0.3 is 11.9 Å². The first-order chi connectivity index (χ1) is 18.7. The van der Waals surface area contributed by atoms with Crippen molar-refractivity contribution in [3.8, 4) is 0 Å². The van der Waals surface area contributed by atoms with Crippen molar-refractivity contribution in [2.24, 2.45) is 5.73 Å². The number of aliphatic carboxylic acids is 2. The van der Waals surface area contributed by atoms with E-state index >= 15 is 0 Å². The summed E-state index contributed by atoms with van der Waals surface area (Å²) < 4.78 is 0. The molecule has 39 heavy (non-hydrogen) atoms. The minimum absolute atomic E-state index is 0.0576. The third-order valence-corrected chi connectivity index (χ3v) is 6.53. The van der Waals surface area contributed by atoms with Crippen molar-refractivity contribution < 1.29 is 34.2 Å². The molecule has 0 spiro atoms. The molecule has 11 heteroatoms. The van der Waals surface area contributed by atoms with Crippen LogP contribution in [0.2, 0.25) is 0 Å². The molecule has 0 aromatic rings. The Hall–Kier alpha value is -2.92. The number of allylic oxidation sites excluding steroid dienone is 6. The minimum atomic E-state index is -1.25. The summed E-state index contributed by atoms with van der Waals surface area (Å²) >= 11 is 0.906. The second-order valence-electron chi connectivity index (χ2n) is 9.00. The standard InChI is InChI=1S/C28H45N3O7S/c1-2-3-4-5-6-7-8-9-10-11-12-13-14-15-16-17-26(35)39-21-23(27(36)30-20-25(33)34)31-24(32)19-18-22(29)28(37)38/h3-4,6-7,9-10,22-23H,2,5,8,11-21,29H2,1H3,(H,30,36)(H,31,32)(H,33,34)(H,37,38)/b4-3-,7-6-,10-9-/t22-,23-/m0/s1. The number of nitrogens with one attached hydrogen (secondary N) is 2. The van der Waals surface area contributed by atoms with Gasteiger partial charge in [-0.2, -0.15) is 0 Å². The summed E-state index contributed by atoms with van der Waals surface area (Å²) in [6.07, 6.45) is 22.0. The average molecular weight is 568 g/mol. The number of rotatable bonds is 23. The van der Waals surface area contributed by atoms with Crippen LogP contribution in [-0.2, 0) is 24.0 Å². The molecule has 2 atom stereocenters. The fourth-order valence-electron chi connectivity index (χ4n) is 3.28. The van der Waals surface area contributed by atoms with Gasteiger partial charge < -0.3 is 26.6 Å². The number of nitrogens with two attached hydrogens (primary N) is 1. The highest BCUT2D eigenvalue weighted by Crippen LogP contribution is 2.14. The number of carbonyl (C=O) groups is 5. The van der Waals surface area contributed by atoms with Crippen molar-refractivity contribution >= 4 is 40.6 Å². The predicted molar refractivity (Wildman–Crippen MR) is 154 cm³/mol. The van der Waals surface area contributed by atoms with Crippen LogP contribution in [0.4, 0.5) is 0 Å². The van der Waals surface area contributed by atoms with Crippen LogP contribution in [0, 0.1) is 0 Å². The second-order valence-corrected chi connectivity index (χ2v) is 10.1. The number of carboxylic acids is 2. The van der Waals surface area contributed by atoms with E-state index in [-0.39, 0.29) is 23.7 Å². The molecule has 0 aromatic heterocycles. The highest BCUT2D eigenvalue weighted by atomic mass is 32.2. The third kappa shape index (κ3) is 22.7. The number of thioether (sulfide) groups is 1. The molecular formula is C28H45N3O7S. The lowest BCUT2D eigenvalue weighted by atomic mass is 10.1. The summed E-state index contributed by atoms with van der Waals surface area (Å²) in [6.45, 7) is 1.49. The summed E-state index contributed by atoms with van der Waals surface area (Å²) in [5.74, 6) is -3.89. The topological polar surface area (TPSA) is 176 Å². The molecule has 2 amide bonds. The van der Waals surface area contributed by atoms with Gasteiger partial charge in [0.1, 0.15) is 18.6 Å². The van der Waals surface area contributed by atoms with Crippen molar-refractivity contribution in [1.82, 2.24) is 10.6 Å². The fourth-order valence-corrected chi connectivity index (χ4v) is 4.16. The SMILES string of the molecule is CC/C=C\C/C=C\C/C=C\CCCCCCCC(=O)SC[C@H](NC(=O)CC[C@H](N)C(=O)O)C(=O)NCC(=O)O. The molecule has 0 unspecified atom stereocenters. The number of hydrogen-bond acceptors (Lipinski definition) is 7. The molecule has 0 saturated heterocycles. The summed E-state index contributed by atoms with van der Waals surface area (Å²) in [6, 6.07) is -2.35. The maximum atomic E-state index is 12.3. The molecule has 0 aliphatic heterocycles. The summed E-state index contributed by atoms with van der Waals surface area (Å²) in [5, 5.41) is 22.1. The van der Waals surface area contributed by atoms with Gasteiger partial charge in [-0.05, 0) is 44.9 Å². The van der Waals surface area contributed by atoms with Crippen molar-refractivity contribution in [2.75, 3.05) is 12.3 Å². The number of unbranched alkanes of at least 4 members (excludes halogenated alkanes) is 5. The van der Waals surface area contributed by atoms with Crippen molar-refractivity contribution in [3.63, 3.8) is 0 Å². The molecule has 0 heterocycles. The Morgan fingerprint density at radius 3 is 2.10 bits per heavy atom. The van der Waals surface area contributed by atoms with Crippen molar-refractivity contribution in [3.05, 3.63) is 36.5 Å². The molecule has 0 radical (unpaired) electrons. The van der Waals surface area contributed by atoms with Crippen LogP contribution >= 0.6 is 11.8 Å². The first kappa shape index (κ1) is 36.1. The van der Waals surface area contributed by atoms with Crippen LogP contribution in [0.15, 0.2) is 36.5 Å². The van der Waals surface area contributed by atoms with Gasteiger partial charge in [0, 0.05) is 18.6 Å². The van der Waals surface area contributed by atoms with Gasteiger partial charge in [-0.15, -0.1) is 0 Å². The van der Waals surface area contributed by atoms with Gasteiger partial charge in [0.25, 0.3) is 0 Å². The number of amides is 2. The Bertz CT molecular complexity index is 843. The molecule has 0 rings (SSSR count). The first-order valence-electron chi connectivity index (χ1n) is 13.5. The second kappa shape index (κ2) is 24.1. The van der Waals surface area contributed by atoms with Crippen LogP contribution in [0.25, 0.3) is 0 Å². The quantitative estimate of drug-likeness (QED) is 0.0910. The van der Waals surface area contributed by atoms with Crippen molar-refractivity contribution in [2.45, 2.75) is 96.1 Å². The highest BCUT2D eigenvalue weighted by Gasteiger charge is 2.23. The molecular weight excluding hydrogens is 522 g/mol. The van der Waals surface area contributed by atoms with E-state index in [1.54, 1.807) is 0 Å². The molecule has 10 nitrogen and oxygen atoms in total. The zero-order valence-corrected chi connectivity index (χ0v) is 23.8. The molecule has 0 bridgehead atoms. The van der Waals surface area contributed by atoms with E-state index in [0.29, 0.717) is 6.42 Å². The maximum absolute atomic E-state index is 12.3. The van der Waals surface area contributed by atoms with E-state index < -0.39 is 42.4 Å². The lowest BCUT2D eigenvalue weighted by Crippen LogP contribution is -2.49. The van der Waals surface area contributed by atoms with Gasteiger partial charge in [-0.25, -0.2) is 0 Å². The van der Waals surface area contributed by atoms with Crippen LogP contribution < -0.4 is 16.4 Å². The van der Waals surface area contributed by atoms with Crippen LogP contribution in [-0.4, -0.2) is 63.5 Å². The van der Waals surface area contributed by atoms with Gasteiger partial charge in [0.05, 0.1) is 0 Å². The number of carbonyl (C=O) groups excluding carboxylic acids is 3. The van der Waals surface area contributed by atoms with E-state index in [4.69, 9.17) is 15.9 Å². The summed E-state index contributed by atoms with van der Waals surface area (Å²) in [7, 11) is 0. The summed E-state index contributed by atoms with van der Waals surface area (Å²) in [5.41, 5.74) is 5.38. The molecule has 0 fully saturated rings. The monoisotopic (exact) mass is 567 g/mol. The number of carboxylic acid groups (broad SMARTS) is 2. The third-order valence-electron chi connectivity index (χ3n) is 5.51. The van der Waals surface area contributed by atoms with Crippen LogP contribution in [0.3, 0.4) is 0 Å². The normalized spacial score (nSPS) is 13.1. The smallest absolute Gasteiger partial charge is 0.322 e. The lowest BCUT2D eigenvalue weighted by Gasteiger charge is -2.18. The van der Waals surface area contributed by atoms with E-state index in [9.17, 15) is 24.0 Å². The zero-order valence-electron chi connectivity index (χ0n) is 22.9. The van der Waals surface area contributed by atoms with E-state index in [1.807, 2.05) is 0 Å². The Labute approximate surface area is 235 Å². The molecule has 6 N–H and O–H groups in total. The lowest BCUT2D eigenvalue weighted by molar-refractivity contribution is -0.139. The zero-order chi connectivity index (χ0) is 29.3. The molecule has 0 aliphatic rings.